The average molecular weight is 376 g/mol. The molecule has 1 fully saturated rings. The lowest BCUT2D eigenvalue weighted by Crippen LogP contribution is -2.62. The van der Waals surface area contributed by atoms with Gasteiger partial charge in [0.1, 0.15) is 6.61 Å². The highest BCUT2D eigenvalue weighted by Gasteiger charge is 2.45. The Kier molecular flexibility index (Phi) is 6.11. The smallest absolute Gasteiger partial charge is 0.441 e. The summed E-state index contributed by atoms with van der Waals surface area (Å²) in [5.74, 6) is -3.24. The summed E-state index contributed by atoms with van der Waals surface area (Å²) in [5, 5.41) is 22.5. The third-order valence-corrected chi connectivity index (χ3v) is 4.06. The van der Waals surface area contributed by atoms with Crippen molar-refractivity contribution in [3.8, 4) is 0 Å². The molecule has 11 nitrogen and oxygen atoms in total. The van der Waals surface area contributed by atoms with Crippen LogP contribution in [0.1, 0.15) is 18.9 Å². The standard InChI is InChI=1S/C16H16N4O7/c1-8(21)13-11(18-15(13)23)6-12(22)14(19-17)16(24)27-7-9-2-4-10(5-3-9)20(25)26/h2-5,8,11,13,21H,6-7H2,1H3,(H,18,23). The summed E-state index contributed by atoms with van der Waals surface area (Å²) in [7, 11) is 0. The maximum Gasteiger partial charge on any atom is 0.441 e. The normalized spacial score (nSPS) is 19.1. The number of nitro benzene ring substituents is 1. The van der Waals surface area contributed by atoms with Gasteiger partial charge in [0.05, 0.1) is 23.0 Å². The molecule has 0 aromatic heterocycles. The van der Waals surface area contributed by atoms with Gasteiger partial charge in [-0.2, -0.15) is 4.79 Å². The molecule has 1 aromatic carbocycles. The molecule has 1 aromatic rings. The van der Waals surface area contributed by atoms with E-state index in [4.69, 9.17) is 10.3 Å². The second kappa shape index (κ2) is 8.30. The fourth-order valence-corrected chi connectivity index (χ4v) is 2.63. The van der Waals surface area contributed by atoms with Crippen molar-refractivity contribution in [1.82, 2.24) is 5.32 Å². The summed E-state index contributed by atoms with van der Waals surface area (Å²) in [6.07, 6.45) is -1.31. The number of nitrogens with one attached hydrogen (secondary N) is 1. The van der Waals surface area contributed by atoms with E-state index in [0.29, 0.717) is 5.56 Å². The molecule has 1 saturated heterocycles. The number of hydrogen-bond donors (Lipinski definition) is 2. The number of β-lactam (4-membered cyclic amide) rings is 1. The first-order chi connectivity index (χ1) is 12.7. The second-order valence-corrected chi connectivity index (χ2v) is 5.96. The molecule has 2 N–H and O–H groups in total. The Morgan fingerprint density at radius 1 is 1.41 bits per heavy atom. The Morgan fingerprint density at radius 2 is 2.04 bits per heavy atom. The van der Waals surface area contributed by atoms with Gasteiger partial charge in [-0.15, -0.1) is 0 Å². The molecule has 11 heteroatoms. The highest BCUT2D eigenvalue weighted by molar-refractivity contribution is 6.62. The molecule has 2 rings (SSSR count). The molecule has 0 bridgehead atoms. The van der Waals surface area contributed by atoms with Crippen LogP contribution >= 0.6 is 0 Å². The van der Waals surface area contributed by atoms with Gasteiger partial charge < -0.3 is 20.7 Å². The summed E-state index contributed by atoms with van der Waals surface area (Å²) in [5.41, 5.74) is 8.40. The molecule has 3 atom stereocenters. The monoisotopic (exact) mass is 376 g/mol. The van der Waals surface area contributed by atoms with Gasteiger partial charge in [-0.25, -0.2) is 4.79 Å². The number of nitrogens with zero attached hydrogens (tertiary/aromatic N) is 3. The maximum atomic E-state index is 12.1. The van der Waals surface area contributed by atoms with E-state index in [2.05, 4.69) is 10.1 Å². The molecule has 0 spiro atoms. The zero-order valence-corrected chi connectivity index (χ0v) is 14.2. The minimum atomic E-state index is -1.18. The highest BCUT2D eigenvalue weighted by Crippen LogP contribution is 2.22. The van der Waals surface area contributed by atoms with E-state index in [9.17, 15) is 29.6 Å². The molecule has 1 heterocycles. The van der Waals surface area contributed by atoms with Gasteiger partial charge in [0, 0.05) is 18.6 Å². The SMILES string of the molecule is CC(O)C1C(=O)NC1CC(=O)C(=[N+]=[N-])C(=O)OCc1ccc([N+](=O)[O-])cc1. The maximum absolute atomic E-state index is 12.1. The van der Waals surface area contributed by atoms with Gasteiger partial charge in [0.15, 0.2) is 0 Å². The van der Waals surface area contributed by atoms with Gasteiger partial charge in [-0.3, -0.25) is 19.7 Å². The summed E-state index contributed by atoms with van der Waals surface area (Å²) in [6, 6.07) is 4.53. The van der Waals surface area contributed by atoms with Crippen LogP contribution in [0, 0.1) is 16.0 Å². The van der Waals surface area contributed by atoms with Gasteiger partial charge in [-0.05, 0) is 24.6 Å². The van der Waals surface area contributed by atoms with Crippen molar-refractivity contribution in [2.75, 3.05) is 0 Å². The summed E-state index contributed by atoms with van der Waals surface area (Å²) in [4.78, 5) is 48.1. The van der Waals surface area contributed by atoms with Crippen LogP contribution in [-0.2, 0) is 25.7 Å². The third kappa shape index (κ3) is 4.60. The summed E-state index contributed by atoms with van der Waals surface area (Å²) >= 11 is 0. The van der Waals surface area contributed by atoms with Crippen LogP contribution in [0.3, 0.4) is 0 Å². The number of carbonyl (C=O) groups excluding carboxylic acids is 3. The van der Waals surface area contributed by atoms with Crippen molar-refractivity contribution in [1.29, 1.82) is 0 Å². The number of ketones is 1. The van der Waals surface area contributed by atoms with Crippen LogP contribution in [0.2, 0.25) is 0 Å². The fourth-order valence-electron chi connectivity index (χ4n) is 2.63. The highest BCUT2D eigenvalue weighted by atomic mass is 16.6. The number of hydrogen-bond acceptors (Lipinski definition) is 7. The zero-order chi connectivity index (χ0) is 20.1. The summed E-state index contributed by atoms with van der Waals surface area (Å²) < 4.78 is 4.87. The Balaban J connectivity index is 1.93. The lowest BCUT2D eigenvalue weighted by molar-refractivity contribution is -0.384. The molecule has 0 saturated carbocycles. The third-order valence-electron chi connectivity index (χ3n) is 4.06. The minimum Gasteiger partial charge on any atom is -0.452 e. The predicted octanol–water partition coefficient (Wildman–Crippen LogP) is -0.237. The predicted molar refractivity (Wildman–Crippen MR) is 88.2 cm³/mol. The van der Waals surface area contributed by atoms with Gasteiger partial charge in [0.25, 0.3) is 11.5 Å². The quantitative estimate of drug-likeness (QED) is 0.0920. The number of esters is 1. The molecule has 27 heavy (non-hydrogen) atoms. The van der Waals surface area contributed by atoms with Crippen LogP contribution in [0.5, 0.6) is 0 Å². The lowest BCUT2D eigenvalue weighted by atomic mass is 9.82. The first-order valence-electron chi connectivity index (χ1n) is 7.88. The van der Waals surface area contributed by atoms with E-state index in [1.54, 1.807) is 0 Å². The van der Waals surface area contributed by atoms with Crippen LogP contribution in [-0.4, -0.2) is 50.3 Å². The van der Waals surface area contributed by atoms with Crippen LogP contribution < -0.4 is 5.32 Å². The van der Waals surface area contributed by atoms with Crippen molar-refractivity contribution in [3.63, 3.8) is 0 Å². The Hall–Kier alpha value is -3.43. The van der Waals surface area contributed by atoms with Gasteiger partial charge in [-0.1, -0.05) is 0 Å². The van der Waals surface area contributed by atoms with E-state index in [0.717, 1.165) is 0 Å². The Morgan fingerprint density at radius 3 is 2.52 bits per heavy atom. The molecular weight excluding hydrogens is 360 g/mol. The molecule has 0 aliphatic carbocycles. The number of rotatable bonds is 8. The van der Waals surface area contributed by atoms with Gasteiger partial charge >= 0.3 is 11.7 Å². The number of nitro groups is 1. The zero-order valence-electron chi connectivity index (χ0n) is 14.2. The van der Waals surface area contributed by atoms with Crippen molar-refractivity contribution < 1.29 is 33.9 Å². The van der Waals surface area contributed by atoms with Crippen LogP contribution in [0.25, 0.3) is 5.53 Å². The molecule has 3 unspecified atom stereocenters. The number of benzene rings is 1. The Labute approximate surface area is 152 Å². The molecule has 1 aliphatic heterocycles. The number of amides is 1. The van der Waals surface area contributed by atoms with Crippen molar-refractivity contribution in [2.24, 2.45) is 5.92 Å². The molecule has 142 valence electrons. The van der Waals surface area contributed by atoms with E-state index in [1.165, 1.54) is 31.2 Å². The number of carbonyl (C=O) groups is 3. The van der Waals surface area contributed by atoms with Crippen LogP contribution in [0.15, 0.2) is 24.3 Å². The molecule has 0 radical (unpaired) electrons. The molecule has 1 amide bonds. The number of aliphatic hydroxyl groups is 1. The van der Waals surface area contributed by atoms with Crippen molar-refractivity contribution >= 4 is 29.1 Å². The van der Waals surface area contributed by atoms with E-state index >= 15 is 0 Å². The lowest BCUT2D eigenvalue weighted by Gasteiger charge is -2.37. The van der Waals surface area contributed by atoms with Crippen molar-refractivity contribution in [3.05, 3.63) is 45.5 Å². The van der Waals surface area contributed by atoms with Gasteiger partial charge in [0.2, 0.25) is 5.91 Å². The fraction of sp³-hybridized carbons (Fsp3) is 0.375. The number of aliphatic hydroxyl groups excluding tert-OH is 1. The van der Waals surface area contributed by atoms with E-state index in [1.807, 2.05) is 0 Å². The average Bonchev–Trinajstić information content (AvgIpc) is 2.59. The molecular formula is C16H16N4O7. The Bertz CT molecular complexity index is 828. The van der Waals surface area contributed by atoms with E-state index < -0.39 is 46.4 Å². The molecule has 1 aliphatic rings. The topological polar surface area (TPSA) is 172 Å². The minimum absolute atomic E-state index is 0.131. The van der Waals surface area contributed by atoms with E-state index in [-0.39, 0.29) is 18.7 Å². The largest absolute Gasteiger partial charge is 0.452 e. The first-order valence-corrected chi connectivity index (χ1v) is 7.88. The number of Topliss-reactive ketones (excluding diaryl/α,β-unsaturated/α-hetero) is 1. The number of ether oxygens (including phenoxy) is 1. The first kappa shape index (κ1) is 19.9. The second-order valence-electron chi connectivity index (χ2n) is 5.96. The number of non-ortho nitro benzene ring substituents is 1. The summed E-state index contributed by atoms with van der Waals surface area (Å²) in [6.45, 7) is 1.11. The van der Waals surface area contributed by atoms with Crippen LogP contribution in [0.4, 0.5) is 5.69 Å². The van der Waals surface area contributed by atoms with Crippen molar-refractivity contribution in [2.45, 2.75) is 32.1 Å².